The predicted molar refractivity (Wildman–Crippen MR) is 282 cm³/mol. The van der Waals surface area contributed by atoms with Crippen molar-refractivity contribution < 1.29 is 46.5 Å². The molecule has 0 fully saturated rings. The molecule has 7 rings (SSSR count). The molecule has 0 aliphatic rings. The van der Waals surface area contributed by atoms with Gasteiger partial charge in [0.1, 0.15) is 30.3 Å². The summed E-state index contributed by atoms with van der Waals surface area (Å²) in [5.74, 6) is 0.378. The van der Waals surface area contributed by atoms with E-state index >= 15 is 4.79 Å². The highest BCUT2D eigenvalue weighted by Gasteiger charge is 2.41. The molecular weight excluding hydrogens is 972 g/mol. The second-order valence-corrected chi connectivity index (χ2v) is 21.8. The maximum atomic E-state index is 15.6. The molecule has 0 aliphatic heterocycles. The molecule has 72 heavy (non-hydrogen) atoms. The van der Waals surface area contributed by atoms with Crippen LogP contribution in [0.1, 0.15) is 59.7 Å². The fourth-order valence-electron chi connectivity index (χ4n) is 7.46. The fraction of sp³-hybridized carbons (Fsp3) is 0.211. The summed E-state index contributed by atoms with van der Waals surface area (Å²) in [6, 6.07) is 52.4. The third-order valence-corrected chi connectivity index (χ3v) is 15.0. The van der Waals surface area contributed by atoms with Crippen LogP contribution in [0.3, 0.4) is 0 Å². The van der Waals surface area contributed by atoms with Crippen LogP contribution in [-0.4, -0.2) is 63.1 Å². The second kappa shape index (κ2) is 23.8. The Morgan fingerprint density at radius 1 is 0.639 bits per heavy atom. The minimum atomic E-state index is -3.93. The van der Waals surface area contributed by atoms with Crippen LogP contribution in [0.2, 0.25) is 5.02 Å². The lowest BCUT2D eigenvalue weighted by molar-refractivity contribution is -0.123. The number of hydrogen-bond acceptors (Lipinski definition) is 12. The molecule has 0 saturated carbocycles. The number of imide groups is 1. The van der Waals surface area contributed by atoms with Crippen molar-refractivity contribution in [2.24, 2.45) is 5.16 Å². The first-order valence-electron chi connectivity index (χ1n) is 22.9. The van der Waals surface area contributed by atoms with Gasteiger partial charge in [0.15, 0.2) is 17.2 Å². The van der Waals surface area contributed by atoms with Crippen LogP contribution in [0.4, 0.5) is 4.79 Å². The Balaban J connectivity index is 1.40. The Labute approximate surface area is 429 Å². The number of amides is 2. The number of aryl methyl sites for hydroxylation is 1. The molecule has 2 amide bonds. The second-order valence-electron chi connectivity index (χ2n) is 17.4. The van der Waals surface area contributed by atoms with Gasteiger partial charge in [0, 0.05) is 34.6 Å². The van der Waals surface area contributed by atoms with Crippen molar-refractivity contribution in [2.75, 3.05) is 26.5 Å². The van der Waals surface area contributed by atoms with E-state index in [9.17, 15) is 13.2 Å². The number of rotatable bonds is 20. The highest BCUT2D eigenvalue weighted by Crippen LogP contribution is 2.43. The molecule has 7 aromatic rings. The number of oxime groups is 1. The highest BCUT2D eigenvalue weighted by atomic mass is 35.5. The van der Waals surface area contributed by atoms with E-state index in [1.165, 1.54) is 18.2 Å². The number of carbonyl (C=O) groups excluding carboxylic acids is 2. The molecule has 0 aromatic heterocycles. The summed E-state index contributed by atoms with van der Waals surface area (Å²) < 4.78 is 56.6. The van der Waals surface area contributed by atoms with Gasteiger partial charge in [0.05, 0.1) is 24.1 Å². The lowest BCUT2D eigenvalue weighted by Crippen LogP contribution is -2.46. The molecule has 372 valence electrons. The lowest BCUT2D eigenvalue weighted by Gasteiger charge is -2.33. The van der Waals surface area contributed by atoms with E-state index in [1.54, 1.807) is 65.3 Å². The van der Waals surface area contributed by atoms with Crippen LogP contribution >= 0.6 is 22.4 Å². The minimum absolute atomic E-state index is 0.000214. The summed E-state index contributed by atoms with van der Waals surface area (Å²) in [6.45, 7) is 6.51. The quantitative estimate of drug-likeness (QED) is 0.0312. The van der Waals surface area contributed by atoms with Crippen LogP contribution in [0.15, 0.2) is 186 Å². The average molecular weight is 1030 g/mol. The van der Waals surface area contributed by atoms with Crippen molar-refractivity contribution >= 4 is 49.0 Å². The molecule has 0 N–H and O–H groups in total. The molecule has 0 unspecified atom stereocenters. The summed E-state index contributed by atoms with van der Waals surface area (Å²) in [6.07, 6.45) is -1.06. The van der Waals surface area contributed by atoms with Gasteiger partial charge in [-0.1, -0.05) is 150 Å². The third-order valence-electron chi connectivity index (χ3n) is 11.2. The van der Waals surface area contributed by atoms with Crippen molar-refractivity contribution in [3.05, 3.63) is 220 Å². The van der Waals surface area contributed by atoms with Crippen LogP contribution in [0.5, 0.6) is 23.0 Å². The van der Waals surface area contributed by atoms with E-state index < -0.39 is 44.3 Å². The zero-order valence-electron chi connectivity index (χ0n) is 40.7. The molecule has 0 spiro atoms. The van der Waals surface area contributed by atoms with Crippen molar-refractivity contribution in [3.63, 3.8) is 0 Å². The summed E-state index contributed by atoms with van der Waals surface area (Å²) in [7, 11) is -0.186. The van der Waals surface area contributed by atoms with E-state index in [4.69, 9.17) is 45.3 Å². The van der Waals surface area contributed by atoms with Gasteiger partial charge in [-0.15, -0.1) is 0 Å². The van der Waals surface area contributed by atoms with Crippen LogP contribution in [0, 0.1) is 6.92 Å². The first kappa shape index (κ1) is 52.6. The van der Waals surface area contributed by atoms with Gasteiger partial charge in [-0.05, 0) is 98.1 Å². The topological polar surface area (TPSA) is 139 Å². The van der Waals surface area contributed by atoms with Gasteiger partial charge in [0.25, 0.3) is 5.91 Å². The number of ether oxygens (including phenoxy) is 5. The molecule has 0 saturated heterocycles. The largest absolute Gasteiger partial charge is 0.497 e. The van der Waals surface area contributed by atoms with Crippen molar-refractivity contribution in [2.45, 2.75) is 57.0 Å². The lowest BCUT2D eigenvalue weighted by atomic mass is 9.80. The molecule has 12 nitrogen and oxygen atoms in total. The van der Waals surface area contributed by atoms with Crippen molar-refractivity contribution in [1.82, 2.24) is 4.90 Å². The fourth-order valence-corrected chi connectivity index (χ4v) is 10.5. The SMILES string of the molecule is COc1ccc(COc2ccc(/C(=N/OC(c3ccccc3)(c3ccccc3)c3ccccc3)C(=O)N(CCSS(=O)(=O)c3ccc(C)cc3)C(=O)OC(C)(C)C)c(Cl)c2OCc2ccc(OC)cc2)cc1. The van der Waals surface area contributed by atoms with Gasteiger partial charge in [-0.2, -0.15) is 0 Å². The zero-order valence-corrected chi connectivity index (χ0v) is 43.1. The summed E-state index contributed by atoms with van der Waals surface area (Å²) >= 11 is 7.47. The van der Waals surface area contributed by atoms with E-state index in [2.05, 4.69) is 0 Å². The maximum absolute atomic E-state index is 15.6. The van der Waals surface area contributed by atoms with Gasteiger partial charge in [-0.25, -0.2) is 18.1 Å². The van der Waals surface area contributed by atoms with Crippen LogP contribution < -0.4 is 18.9 Å². The van der Waals surface area contributed by atoms with Gasteiger partial charge in [0.2, 0.25) is 14.5 Å². The predicted octanol–water partition coefficient (Wildman–Crippen LogP) is 12.4. The van der Waals surface area contributed by atoms with Crippen molar-refractivity contribution in [3.8, 4) is 23.0 Å². The maximum Gasteiger partial charge on any atom is 0.417 e. The molecule has 0 heterocycles. The van der Waals surface area contributed by atoms with Crippen LogP contribution in [-0.2, 0) is 42.1 Å². The first-order chi connectivity index (χ1) is 34.6. The molecule has 7 aromatic carbocycles. The third kappa shape index (κ3) is 13.0. The summed E-state index contributed by atoms with van der Waals surface area (Å²) in [5, 5.41) is 4.67. The van der Waals surface area contributed by atoms with Gasteiger partial charge >= 0.3 is 6.09 Å². The van der Waals surface area contributed by atoms with Gasteiger partial charge < -0.3 is 28.5 Å². The summed E-state index contributed by atoms with van der Waals surface area (Å²) in [5.41, 5.74) is 1.46. The number of methoxy groups -OCH3 is 2. The zero-order chi connectivity index (χ0) is 51.3. The normalized spacial score (nSPS) is 11.8. The van der Waals surface area contributed by atoms with E-state index in [0.29, 0.717) is 39.0 Å². The standard InChI is InChI=1S/C57H55ClN2O10S2/c1-40-22-32-48(33-23-40)72(63,64)71-37-36-60(55(62)69-56(2,3)4)54(61)52(59-70-57(43-16-10-7-11-17-43,44-18-12-8-13-19-44)45-20-14-9-15-21-45)49-34-35-50(67-38-41-24-28-46(65-5)29-25-41)53(51(49)58)68-39-42-26-30-47(66-6)31-27-42/h7-35H,36-39H2,1-6H3/b59-52-. The van der Waals surface area contributed by atoms with E-state index in [0.717, 1.165) is 21.6 Å². The molecule has 0 aliphatic carbocycles. The van der Waals surface area contributed by atoms with Crippen LogP contribution in [0.25, 0.3) is 0 Å². The Morgan fingerprint density at radius 2 is 1.12 bits per heavy atom. The number of carbonyl (C=O) groups is 2. The molecule has 0 bridgehead atoms. The number of nitrogens with zero attached hydrogens (tertiary/aromatic N) is 2. The Kier molecular flexibility index (Phi) is 17.4. The van der Waals surface area contributed by atoms with Crippen molar-refractivity contribution in [1.29, 1.82) is 0 Å². The van der Waals surface area contributed by atoms with E-state index in [-0.39, 0.29) is 45.9 Å². The first-order valence-corrected chi connectivity index (χ1v) is 26.3. The Bertz CT molecular complexity index is 2970. The number of benzene rings is 7. The molecule has 0 radical (unpaired) electrons. The Morgan fingerprint density at radius 3 is 1.60 bits per heavy atom. The van der Waals surface area contributed by atoms with Gasteiger partial charge in [-0.3, -0.25) is 4.79 Å². The summed E-state index contributed by atoms with van der Waals surface area (Å²) in [4.78, 5) is 37.8. The number of halogens is 1. The Hall–Kier alpha value is -7.26. The minimum Gasteiger partial charge on any atom is -0.497 e. The monoisotopic (exact) mass is 1030 g/mol. The number of hydrogen-bond donors (Lipinski definition) is 0. The molecule has 0 atom stereocenters. The van der Waals surface area contributed by atoms with E-state index in [1.807, 2.05) is 134 Å². The molecule has 15 heteroatoms. The highest BCUT2D eigenvalue weighted by molar-refractivity contribution is 8.72. The smallest absolute Gasteiger partial charge is 0.417 e. The average Bonchev–Trinajstić information content (AvgIpc) is 3.39. The molecular formula is C57H55ClN2O10S2.